The van der Waals surface area contributed by atoms with Crippen LogP contribution in [0.15, 0.2) is 18.2 Å². The predicted octanol–water partition coefficient (Wildman–Crippen LogP) is 2.45. The Balaban J connectivity index is 2.06. The first-order valence-electron chi connectivity index (χ1n) is 7.15. The van der Waals surface area contributed by atoms with Gasteiger partial charge in [-0.15, -0.1) is 0 Å². The van der Waals surface area contributed by atoms with Crippen molar-refractivity contribution in [2.24, 2.45) is 5.92 Å². The molecule has 1 aliphatic heterocycles. The smallest absolute Gasteiger partial charge is 0.281 e. The average molecular weight is 380 g/mol. The highest BCUT2D eigenvalue weighted by Crippen LogP contribution is 2.26. The van der Waals surface area contributed by atoms with Crippen molar-refractivity contribution in [3.8, 4) is 0 Å². The van der Waals surface area contributed by atoms with E-state index in [0.29, 0.717) is 35.1 Å². The van der Waals surface area contributed by atoms with Crippen LogP contribution in [0.5, 0.6) is 0 Å². The van der Waals surface area contributed by atoms with E-state index >= 15 is 0 Å². The van der Waals surface area contributed by atoms with Crippen molar-refractivity contribution >= 4 is 45.0 Å². The Kier molecular flexibility index (Phi) is 5.91. The van der Waals surface area contributed by atoms with Gasteiger partial charge in [-0.2, -0.15) is 17.0 Å². The van der Waals surface area contributed by atoms with Gasteiger partial charge in [-0.3, -0.25) is 4.79 Å². The van der Waals surface area contributed by atoms with Crippen LogP contribution in [0.2, 0.25) is 10.0 Å². The molecule has 0 aromatic heterocycles. The number of benzene rings is 1. The summed E-state index contributed by atoms with van der Waals surface area (Å²) in [6, 6.07) is 4.82. The molecular formula is C14H19Cl2N3O3S. The second-order valence-corrected chi connectivity index (χ2v) is 8.56. The van der Waals surface area contributed by atoms with E-state index in [4.69, 9.17) is 23.2 Å². The number of piperidine rings is 1. The van der Waals surface area contributed by atoms with Gasteiger partial charge in [0.1, 0.15) is 0 Å². The molecule has 6 nitrogen and oxygen atoms in total. The summed E-state index contributed by atoms with van der Waals surface area (Å²) in [7, 11) is -0.542. The number of nitrogens with zero attached hydrogens (tertiary/aromatic N) is 2. The van der Waals surface area contributed by atoms with Crippen LogP contribution < -0.4 is 5.32 Å². The maximum Gasteiger partial charge on any atom is 0.281 e. The minimum absolute atomic E-state index is 0.174. The fraction of sp³-hybridized carbons (Fsp3) is 0.500. The van der Waals surface area contributed by atoms with Crippen LogP contribution in [0.3, 0.4) is 0 Å². The molecule has 9 heteroatoms. The van der Waals surface area contributed by atoms with E-state index in [1.54, 1.807) is 18.2 Å². The standard InChI is InChI=1S/C14H19Cl2N3O3S/c1-18(2)23(21,22)19-7-3-4-10(9-19)14(20)17-11-5-6-12(15)13(16)8-11/h5-6,8,10H,3-4,7,9H2,1-2H3,(H,17,20). The van der Waals surface area contributed by atoms with Gasteiger partial charge in [0, 0.05) is 32.9 Å². The van der Waals surface area contributed by atoms with E-state index in [9.17, 15) is 13.2 Å². The third kappa shape index (κ3) is 4.36. The summed E-state index contributed by atoms with van der Waals surface area (Å²) < 4.78 is 26.9. The first-order valence-corrected chi connectivity index (χ1v) is 9.30. The average Bonchev–Trinajstić information content (AvgIpc) is 2.51. The molecule has 1 aromatic carbocycles. The van der Waals surface area contributed by atoms with Crippen LogP contribution in [0.1, 0.15) is 12.8 Å². The topological polar surface area (TPSA) is 69.7 Å². The highest BCUT2D eigenvalue weighted by molar-refractivity contribution is 7.86. The van der Waals surface area contributed by atoms with E-state index in [-0.39, 0.29) is 12.5 Å². The van der Waals surface area contributed by atoms with E-state index in [1.807, 2.05) is 0 Å². The molecule has 1 fully saturated rings. The van der Waals surface area contributed by atoms with Crippen LogP contribution in [-0.2, 0) is 15.0 Å². The molecule has 1 heterocycles. The fourth-order valence-electron chi connectivity index (χ4n) is 2.42. The summed E-state index contributed by atoms with van der Waals surface area (Å²) in [5, 5.41) is 3.52. The van der Waals surface area contributed by atoms with Crippen LogP contribution in [0.4, 0.5) is 5.69 Å². The Morgan fingerprint density at radius 3 is 2.61 bits per heavy atom. The summed E-state index contributed by atoms with van der Waals surface area (Å²) in [6.07, 6.45) is 1.29. The predicted molar refractivity (Wildman–Crippen MR) is 92.0 cm³/mol. The van der Waals surface area contributed by atoms with Gasteiger partial charge in [0.05, 0.1) is 16.0 Å². The Hall–Kier alpha value is -0.860. The summed E-state index contributed by atoms with van der Waals surface area (Å²) >= 11 is 11.8. The molecule has 0 spiro atoms. The fourth-order valence-corrected chi connectivity index (χ4v) is 3.90. The van der Waals surface area contributed by atoms with Crippen molar-refractivity contribution in [3.05, 3.63) is 28.2 Å². The second-order valence-electron chi connectivity index (χ2n) is 5.61. The van der Waals surface area contributed by atoms with Gasteiger partial charge < -0.3 is 5.32 Å². The number of carbonyl (C=O) groups is 1. The quantitative estimate of drug-likeness (QED) is 0.873. The molecule has 1 atom stereocenters. The molecule has 1 unspecified atom stereocenters. The molecular weight excluding hydrogens is 361 g/mol. The van der Waals surface area contributed by atoms with Gasteiger partial charge in [-0.05, 0) is 31.0 Å². The number of carbonyl (C=O) groups excluding carboxylic acids is 1. The molecule has 0 saturated carbocycles. The molecule has 128 valence electrons. The Bertz CT molecular complexity index is 695. The normalized spacial score (nSPS) is 19.8. The Morgan fingerprint density at radius 1 is 1.30 bits per heavy atom. The number of rotatable bonds is 4. The molecule has 1 aliphatic rings. The van der Waals surface area contributed by atoms with Crippen LogP contribution in [-0.4, -0.2) is 50.1 Å². The molecule has 0 aliphatic carbocycles. The van der Waals surface area contributed by atoms with Gasteiger partial charge in [0.25, 0.3) is 10.2 Å². The molecule has 1 N–H and O–H groups in total. The summed E-state index contributed by atoms with van der Waals surface area (Å²) in [5.74, 6) is -0.616. The van der Waals surface area contributed by atoms with E-state index in [1.165, 1.54) is 18.4 Å². The molecule has 0 bridgehead atoms. The Morgan fingerprint density at radius 2 is 2.00 bits per heavy atom. The minimum atomic E-state index is -3.50. The van der Waals surface area contributed by atoms with Crippen LogP contribution in [0, 0.1) is 5.92 Å². The number of hydrogen-bond acceptors (Lipinski definition) is 3. The lowest BCUT2D eigenvalue weighted by Crippen LogP contribution is -2.47. The van der Waals surface area contributed by atoms with Gasteiger partial charge in [0.2, 0.25) is 5.91 Å². The van der Waals surface area contributed by atoms with Crippen molar-refractivity contribution in [1.29, 1.82) is 0 Å². The number of amides is 1. The van der Waals surface area contributed by atoms with Crippen molar-refractivity contribution in [1.82, 2.24) is 8.61 Å². The zero-order valence-corrected chi connectivity index (χ0v) is 15.2. The zero-order valence-electron chi connectivity index (χ0n) is 12.9. The lowest BCUT2D eigenvalue weighted by Gasteiger charge is -2.32. The molecule has 1 saturated heterocycles. The summed E-state index contributed by atoms with van der Waals surface area (Å²) in [4.78, 5) is 12.4. The molecule has 2 rings (SSSR count). The van der Waals surface area contributed by atoms with Gasteiger partial charge in [-0.1, -0.05) is 23.2 Å². The van der Waals surface area contributed by atoms with Crippen molar-refractivity contribution < 1.29 is 13.2 Å². The molecule has 1 amide bonds. The van der Waals surface area contributed by atoms with Crippen LogP contribution in [0.25, 0.3) is 0 Å². The highest BCUT2D eigenvalue weighted by atomic mass is 35.5. The minimum Gasteiger partial charge on any atom is -0.326 e. The van der Waals surface area contributed by atoms with Crippen molar-refractivity contribution in [3.63, 3.8) is 0 Å². The third-order valence-corrected chi connectivity index (χ3v) is 6.38. The number of nitrogens with one attached hydrogen (secondary N) is 1. The number of hydrogen-bond donors (Lipinski definition) is 1. The molecule has 0 radical (unpaired) electrons. The van der Waals surface area contributed by atoms with E-state index in [0.717, 1.165) is 4.31 Å². The van der Waals surface area contributed by atoms with Gasteiger partial charge >= 0.3 is 0 Å². The summed E-state index contributed by atoms with van der Waals surface area (Å²) in [5.41, 5.74) is 0.539. The van der Waals surface area contributed by atoms with Crippen LogP contribution >= 0.6 is 23.2 Å². The van der Waals surface area contributed by atoms with E-state index < -0.39 is 16.1 Å². The number of anilines is 1. The first kappa shape index (κ1) is 18.5. The molecule has 23 heavy (non-hydrogen) atoms. The second kappa shape index (κ2) is 7.36. The monoisotopic (exact) mass is 379 g/mol. The van der Waals surface area contributed by atoms with Crippen molar-refractivity contribution in [2.75, 3.05) is 32.5 Å². The lowest BCUT2D eigenvalue weighted by atomic mass is 9.99. The third-order valence-electron chi connectivity index (χ3n) is 3.73. The SMILES string of the molecule is CN(C)S(=O)(=O)N1CCCC(C(=O)Nc2ccc(Cl)c(Cl)c2)C1. The summed E-state index contributed by atoms with van der Waals surface area (Å²) in [6.45, 7) is 0.602. The largest absolute Gasteiger partial charge is 0.326 e. The Labute approximate surface area is 146 Å². The number of halogens is 2. The first-order chi connectivity index (χ1) is 10.7. The maximum atomic E-state index is 12.4. The highest BCUT2D eigenvalue weighted by Gasteiger charge is 2.33. The van der Waals surface area contributed by atoms with Gasteiger partial charge in [-0.25, -0.2) is 0 Å². The molecule has 1 aromatic rings. The maximum absolute atomic E-state index is 12.4. The van der Waals surface area contributed by atoms with Gasteiger partial charge in [0.15, 0.2) is 0 Å². The van der Waals surface area contributed by atoms with E-state index in [2.05, 4.69) is 5.32 Å². The lowest BCUT2D eigenvalue weighted by molar-refractivity contribution is -0.120. The zero-order chi connectivity index (χ0) is 17.2. The van der Waals surface area contributed by atoms with Crippen molar-refractivity contribution in [2.45, 2.75) is 12.8 Å².